The average molecular weight is 374 g/mol. The van der Waals surface area contributed by atoms with Crippen LogP contribution in [0.2, 0.25) is 0 Å². The van der Waals surface area contributed by atoms with Crippen LogP contribution in [0.5, 0.6) is 0 Å². The molecule has 0 radical (unpaired) electrons. The molecule has 0 saturated heterocycles. The van der Waals surface area contributed by atoms with E-state index in [1.807, 2.05) is 49.4 Å². The van der Waals surface area contributed by atoms with Gasteiger partial charge in [-0.25, -0.2) is 9.97 Å². The Kier molecular flexibility index (Phi) is 6.73. The van der Waals surface area contributed by atoms with Crippen LogP contribution in [-0.2, 0) is 12.8 Å². The van der Waals surface area contributed by atoms with Gasteiger partial charge in [0.2, 0.25) is 5.95 Å². The second kappa shape index (κ2) is 9.65. The molecule has 0 aliphatic heterocycles. The molecule has 0 unspecified atom stereocenters. The Bertz CT molecular complexity index is 925. The number of para-hydroxylation sites is 1. The number of amides is 1. The van der Waals surface area contributed by atoms with Gasteiger partial charge in [0.25, 0.3) is 5.91 Å². The highest BCUT2D eigenvalue weighted by Crippen LogP contribution is 2.17. The number of carbonyl (C=O) groups is 1. The Morgan fingerprint density at radius 1 is 1.00 bits per heavy atom. The number of aryl methyl sites for hydroxylation is 3. The summed E-state index contributed by atoms with van der Waals surface area (Å²) in [5.41, 5.74) is 4.35. The molecule has 0 bridgehead atoms. The van der Waals surface area contributed by atoms with E-state index in [2.05, 4.69) is 39.7 Å². The van der Waals surface area contributed by atoms with Crippen LogP contribution in [0.1, 0.15) is 40.7 Å². The zero-order chi connectivity index (χ0) is 19.8. The third-order valence-electron chi connectivity index (χ3n) is 4.50. The largest absolute Gasteiger partial charge is 0.354 e. The van der Waals surface area contributed by atoms with Crippen molar-refractivity contribution in [3.05, 3.63) is 83.2 Å². The normalized spacial score (nSPS) is 10.5. The first-order valence-corrected chi connectivity index (χ1v) is 9.68. The number of nitrogens with zero attached hydrogens (tertiary/aromatic N) is 2. The summed E-state index contributed by atoms with van der Waals surface area (Å²) in [5, 5.41) is 6.20. The minimum atomic E-state index is -0.223. The summed E-state index contributed by atoms with van der Waals surface area (Å²) in [6, 6.07) is 19.9. The molecule has 1 amide bonds. The Morgan fingerprint density at radius 2 is 1.75 bits per heavy atom. The Morgan fingerprint density at radius 3 is 2.54 bits per heavy atom. The van der Waals surface area contributed by atoms with Crippen LogP contribution in [0.25, 0.3) is 0 Å². The number of aromatic nitrogens is 2. The van der Waals surface area contributed by atoms with Crippen LogP contribution in [0.15, 0.2) is 60.7 Å². The van der Waals surface area contributed by atoms with Gasteiger partial charge in [-0.3, -0.25) is 4.79 Å². The van der Waals surface area contributed by atoms with Crippen molar-refractivity contribution in [2.75, 3.05) is 17.2 Å². The molecule has 144 valence electrons. The van der Waals surface area contributed by atoms with Gasteiger partial charge in [0.15, 0.2) is 0 Å². The third kappa shape index (κ3) is 5.39. The number of hydrogen-bond acceptors (Lipinski definition) is 4. The van der Waals surface area contributed by atoms with Crippen molar-refractivity contribution in [3.63, 3.8) is 0 Å². The molecule has 5 heteroatoms. The number of carbonyl (C=O) groups excluding carboxylic acids is 1. The molecule has 0 aliphatic rings. The summed E-state index contributed by atoms with van der Waals surface area (Å²) in [4.78, 5) is 21.5. The second-order valence-corrected chi connectivity index (χ2v) is 6.70. The molecular formula is C23H26N4O. The molecule has 1 heterocycles. The monoisotopic (exact) mass is 374 g/mol. The van der Waals surface area contributed by atoms with E-state index in [-0.39, 0.29) is 5.91 Å². The van der Waals surface area contributed by atoms with Gasteiger partial charge >= 0.3 is 0 Å². The summed E-state index contributed by atoms with van der Waals surface area (Å²) < 4.78 is 0. The van der Waals surface area contributed by atoms with Gasteiger partial charge in [0, 0.05) is 17.9 Å². The van der Waals surface area contributed by atoms with Gasteiger partial charge in [0.1, 0.15) is 5.69 Å². The first-order valence-electron chi connectivity index (χ1n) is 9.68. The highest BCUT2D eigenvalue weighted by Gasteiger charge is 2.12. The molecule has 2 N–H and O–H groups in total. The molecule has 0 aliphatic carbocycles. The maximum absolute atomic E-state index is 12.7. The van der Waals surface area contributed by atoms with Crippen molar-refractivity contribution in [1.82, 2.24) is 9.97 Å². The molecule has 5 nitrogen and oxygen atoms in total. The van der Waals surface area contributed by atoms with Crippen molar-refractivity contribution in [3.8, 4) is 0 Å². The van der Waals surface area contributed by atoms with Crippen LogP contribution in [-0.4, -0.2) is 22.4 Å². The number of anilines is 2. The SMILES string of the molecule is CCc1ccccc1NC(=O)c1cc(C)nc(NCCCc2ccccc2)n1. The van der Waals surface area contributed by atoms with Gasteiger partial charge in [0.05, 0.1) is 0 Å². The van der Waals surface area contributed by atoms with E-state index >= 15 is 0 Å². The maximum atomic E-state index is 12.7. The van der Waals surface area contributed by atoms with Crippen molar-refractivity contribution in [2.24, 2.45) is 0 Å². The summed E-state index contributed by atoms with van der Waals surface area (Å²) in [6.07, 6.45) is 2.81. The van der Waals surface area contributed by atoms with Crippen molar-refractivity contribution in [1.29, 1.82) is 0 Å². The van der Waals surface area contributed by atoms with E-state index in [1.54, 1.807) is 6.07 Å². The highest BCUT2D eigenvalue weighted by molar-refractivity contribution is 6.03. The van der Waals surface area contributed by atoms with E-state index in [1.165, 1.54) is 5.56 Å². The summed E-state index contributed by atoms with van der Waals surface area (Å²) in [5.74, 6) is 0.265. The number of rotatable bonds is 8. The predicted molar refractivity (Wildman–Crippen MR) is 114 cm³/mol. The molecular weight excluding hydrogens is 348 g/mol. The topological polar surface area (TPSA) is 66.9 Å². The van der Waals surface area contributed by atoms with Crippen molar-refractivity contribution < 1.29 is 4.79 Å². The summed E-state index contributed by atoms with van der Waals surface area (Å²) in [7, 11) is 0. The van der Waals surface area contributed by atoms with Gasteiger partial charge in [-0.05, 0) is 49.4 Å². The van der Waals surface area contributed by atoms with Gasteiger partial charge in [-0.2, -0.15) is 0 Å². The minimum absolute atomic E-state index is 0.223. The molecule has 0 spiro atoms. The molecule has 3 aromatic rings. The zero-order valence-corrected chi connectivity index (χ0v) is 16.4. The molecule has 0 saturated carbocycles. The lowest BCUT2D eigenvalue weighted by Gasteiger charge is -2.11. The third-order valence-corrected chi connectivity index (χ3v) is 4.50. The van der Waals surface area contributed by atoms with Crippen molar-refractivity contribution >= 4 is 17.5 Å². The zero-order valence-electron chi connectivity index (χ0n) is 16.4. The maximum Gasteiger partial charge on any atom is 0.274 e. The molecule has 28 heavy (non-hydrogen) atoms. The van der Waals surface area contributed by atoms with Crippen LogP contribution in [0.4, 0.5) is 11.6 Å². The van der Waals surface area contributed by atoms with Gasteiger partial charge in [-0.1, -0.05) is 55.5 Å². The quantitative estimate of drug-likeness (QED) is 0.564. The van der Waals surface area contributed by atoms with E-state index < -0.39 is 0 Å². The highest BCUT2D eigenvalue weighted by atomic mass is 16.1. The van der Waals surface area contributed by atoms with Crippen LogP contribution < -0.4 is 10.6 Å². The van der Waals surface area contributed by atoms with Gasteiger partial charge in [-0.15, -0.1) is 0 Å². The lowest BCUT2D eigenvalue weighted by molar-refractivity contribution is 0.102. The fraction of sp³-hybridized carbons (Fsp3) is 0.261. The fourth-order valence-corrected chi connectivity index (χ4v) is 3.04. The van der Waals surface area contributed by atoms with E-state index in [0.717, 1.165) is 42.8 Å². The fourth-order valence-electron chi connectivity index (χ4n) is 3.04. The van der Waals surface area contributed by atoms with Crippen LogP contribution in [0, 0.1) is 6.92 Å². The molecule has 2 aromatic carbocycles. The smallest absolute Gasteiger partial charge is 0.274 e. The molecule has 1 aromatic heterocycles. The predicted octanol–water partition coefficient (Wildman–Crippen LogP) is 4.64. The van der Waals surface area contributed by atoms with E-state index in [9.17, 15) is 4.79 Å². The Hall–Kier alpha value is -3.21. The Labute approximate surface area is 166 Å². The molecule has 0 atom stereocenters. The summed E-state index contributed by atoms with van der Waals surface area (Å²) in [6.45, 7) is 4.68. The van der Waals surface area contributed by atoms with Gasteiger partial charge < -0.3 is 10.6 Å². The van der Waals surface area contributed by atoms with E-state index in [0.29, 0.717) is 11.6 Å². The van der Waals surface area contributed by atoms with Crippen LogP contribution in [0.3, 0.4) is 0 Å². The summed E-state index contributed by atoms with van der Waals surface area (Å²) >= 11 is 0. The molecule has 0 fully saturated rings. The average Bonchev–Trinajstić information content (AvgIpc) is 2.72. The number of benzene rings is 2. The second-order valence-electron chi connectivity index (χ2n) is 6.70. The lowest BCUT2D eigenvalue weighted by atomic mass is 10.1. The molecule has 3 rings (SSSR count). The standard InChI is InChI=1S/C23H26N4O/c1-3-19-13-7-8-14-20(19)26-22(28)21-16-17(2)25-23(27-21)24-15-9-12-18-10-5-4-6-11-18/h4-8,10-11,13-14,16H,3,9,12,15H2,1-2H3,(H,26,28)(H,24,25,27). The van der Waals surface area contributed by atoms with E-state index in [4.69, 9.17) is 0 Å². The lowest BCUT2D eigenvalue weighted by Crippen LogP contribution is -2.17. The Balaban J connectivity index is 1.61. The van der Waals surface area contributed by atoms with Crippen LogP contribution >= 0.6 is 0 Å². The first-order chi connectivity index (χ1) is 13.7. The van der Waals surface area contributed by atoms with Crippen molar-refractivity contribution in [2.45, 2.75) is 33.1 Å². The number of hydrogen-bond donors (Lipinski definition) is 2. The first kappa shape index (κ1) is 19.5. The minimum Gasteiger partial charge on any atom is -0.354 e. The number of nitrogens with one attached hydrogen (secondary N) is 2.